The Labute approximate surface area is 135 Å². The molecule has 0 bridgehead atoms. The standard InChI is InChI=1S/C18H18N4O/c1-21(2)11-13-5-6-15-16(8-13)17(9-19)22(18(15)23)12-14-4-3-7-20-10-14/h3-8,10,17H,11-12H2,1-2H3. The normalized spacial score (nSPS) is 16.5. The predicted molar refractivity (Wildman–Crippen MR) is 86.3 cm³/mol. The lowest BCUT2D eigenvalue weighted by atomic mass is 10.0. The van der Waals surface area contributed by atoms with Gasteiger partial charge in [-0.05, 0) is 37.4 Å². The lowest BCUT2D eigenvalue weighted by Gasteiger charge is -2.20. The van der Waals surface area contributed by atoms with E-state index in [1.54, 1.807) is 17.3 Å². The van der Waals surface area contributed by atoms with Crippen molar-refractivity contribution in [1.82, 2.24) is 14.8 Å². The molecule has 5 heteroatoms. The maximum absolute atomic E-state index is 12.6. The molecule has 1 atom stereocenters. The SMILES string of the molecule is CN(C)Cc1ccc2c(c1)C(C#N)N(Cc1cccnc1)C2=O. The van der Waals surface area contributed by atoms with Crippen LogP contribution in [0.15, 0.2) is 42.7 Å². The topological polar surface area (TPSA) is 60.2 Å². The number of benzene rings is 1. The summed E-state index contributed by atoms with van der Waals surface area (Å²) in [4.78, 5) is 20.4. The Morgan fingerprint density at radius 1 is 1.30 bits per heavy atom. The van der Waals surface area contributed by atoms with Crippen molar-refractivity contribution in [3.05, 3.63) is 65.0 Å². The van der Waals surface area contributed by atoms with E-state index in [4.69, 9.17) is 0 Å². The molecule has 0 aliphatic carbocycles. The van der Waals surface area contributed by atoms with Gasteiger partial charge < -0.3 is 9.80 Å². The highest BCUT2D eigenvalue weighted by Gasteiger charge is 2.36. The summed E-state index contributed by atoms with van der Waals surface area (Å²) >= 11 is 0. The molecule has 0 fully saturated rings. The van der Waals surface area contributed by atoms with Gasteiger partial charge in [-0.3, -0.25) is 9.78 Å². The van der Waals surface area contributed by atoms with Gasteiger partial charge in [0, 0.05) is 36.6 Å². The lowest BCUT2D eigenvalue weighted by Crippen LogP contribution is -2.26. The van der Waals surface area contributed by atoms with E-state index < -0.39 is 6.04 Å². The Kier molecular flexibility index (Phi) is 4.09. The number of carbonyl (C=O) groups is 1. The van der Waals surface area contributed by atoms with Crippen LogP contribution < -0.4 is 0 Å². The van der Waals surface area contributed by atoms with Gasteiger partial charge >= 0.3 is 0 Å². The van der Waals surface area contributed by atoms with Gasteiger partial charge in [0.25, 0.3) is 5.91 Å². The molecule has 0 saturated heterocycles. The molecule has 1 aliphatic rings. The van der Waals surface area contributed by atoms with Crippen LogP contribution >= 0.6 is 0 Å². The van der Waals surface area contributed by atoms with Crippen molar-refractivity contribution < 1.29 is 4.79 Å². The van der Waals surface area contributed by atoms with Crippen molar-refractivity contribution in [3.8, 4) is 6.07 Å². The minimum atomic E-state index is -0.542. The molecule has 1 aromatic heterocycles. The van der Waals surface area contributed by atoms with Gasteiger partial charge in [0.05, 0.1) is 6.07 Å². The van der Waals surface area contributed by atoms with Gasteiger partial charge in [-0.1, -0.05) is 18.2 Å². The zero-order valence-electron chi connectivity index (χ0n) is 13.2. The molecule has 0 saturated carbocycles. The van der Waals surface area contributed by atoms with Crippen LogP contribution in [0.1, 0.15) is 33.1 Å². The molecular formula is C18H18N4O. The highest BCUT2D eigenvalue weighted by atomic mass is 16.2. The van der Waals surface area contributed by atoms with E-state index in [2.05, 4.69) is 16.0 Å². The Morgan fingerprint density at radius 2 is 2.13 bits per heavy atom. The molecule has 3 rings (SSSR count). The van der Waals surface area contributed by atoms with Gasteiger partial charge in [-0.2, -0.15) is 5.26 Å². The summed E-state index contributed by atoms with van der Waals surface area (Å²) < 4.78 is 0. The number of nitriles is 1. The summed E-state index contributed by atoms with van der Waals surface area (Å²) in [5.41, 5.74) is 3.45. The van der Waals surface area contributed by atoms with Gasteiger partial charge in [0.2, 0.25) is 0 Å². The van der Waals surface area contributed by atoms with Gasteiger partial charge in [-0.25, -0.2) is 0 Å². The van der Waals surface area contributed by atoms with Crippen LogP contribution in [0, 0.1) is 11.3 Å². The first-order valence-corrected chi connectivity index (χ1v) is 7.47. The van der Waals surface area contributed by atoms with Crippen LogP contribution in [-0.2, 0) is 13.1 Å². The molecule has 1 amide bonds. The van der Waals surface area contributed by atoms with Crippen LogP contribution in [0.4, 0.5) is 0 Å². The summed E-state index contributed by atoms with van der Waals surface area (Å²) in [5, 5.41) is 9.58. The Hall–Kier alpha value is -2.71. The minimum absolute atomic E-state index is 0.0909. The molecule has 23 heavy (non-hydrogen) atoms. The number of fused-ring (bicyclic) bond motifs is 1. The molecule has 1 aromatic carbocycles. The fraction of sp³-hybridized carbons (Fsp3) is 0.278. The first kappa shape index (κ1) is 15.2. The van der Waals surface area contributed by atoms with Gasteiger partial charge in [-0.15, -0.1) is 0 Å². The number of aromatic nitrogens is 1. The number of carbonyl (C=O) groups excluding carboxylic acids is 1. The van der Waals surface area contributed by atoms with Crippen molar-refractivity contribution in [2.75, 3.05) is 14.1 Å². The maximum atomic E-state index is 12.6. The molecule has 0 N–H and O–H groups in total. The Balaban J connectivity index is 1.92. The third-order valence-corrected chi connectivity index (χ3v) is 3.91. The van der Waals surface area contributed by atoms with E-state index in [1.807, 2.05) is 44.4 Å². The van der Waals surface area contributed by atoms with Gasteiger partial charge in [0.1, 0.15) is 6.04 Å². The van der Waals surface area contributed by atoms with E-state index in [1.165, 1.54) is 0 Å². The molecule has 5 nitrogen and oxygen atoms in total. The largest absolute Gasteiger partial charge is 0.314 e. The second-order valence-electron chi connectivity index (χ2n) is 5.99. The van der Waals surface area contributed by atoms with Crippen LogP contribution in [0.3, 0.4) is 0 Å². The smallest absolute Gasteiger partial charge is 0.255 e. The molecule has 2 aromatic rings. The summed E-state index contributed by atoms with van der Waals surface area (Å²) in [7, 11) is 3.99. The van der Waals surface area contributed by atoms with Crippen LogP contribution in [0.5, 0.6) is 0 Å². The second kappa shape index (κ2) is 6.19. The van der Waals surface area contributed by atoms with E-state index in [9.17, 15) is 10.1 Å². The first-order valence-electron chi connectivity index (χ1n) is 7.47. The number of nitrogens with zero attached hydrogens (tertiary/aromatic N) is 4. The highest BCUT2D eigenvalue weighted by Crippen LogP contribution is 2.35. The number of hydrogen-bond acceptors (Lipinski definition) is 4. The van der Waals surface area contributed by atoms with Crippen molar-refractivity contribution in [2.24, 2.45) is 0 Å². The fourth-order valence-corrected chi connectivity index (χ4v) is 2.93. The summed E-state index contributed by atoms with van der Waals surface area (Å²) in [6.07, 6.45) is 3.42. The van der Waals surface area contributed by atoms with Crippen molar-refractivity contribution in [3.63, 3.8) is 0 Å². The summed E-state index contributed by atoms with van der Waals surface area (Å²) in [6, 6.07) is 11.2. The van der Waals surface area contributed by atoms with Crippen molar-refractivity contribution in [2.45, 2.75) is 19.1 Å². The molecule has 2 heterocycles. The van der Waals surface area contributed by atoms with Crippen LogP contribution in [-0.4, -0.2) is 34.8 Å². The minimum Gasteiger partial charge on any atom is -0.314 e. The van der Waals surface area contributed by atoms with E-state index in [-0.39, 0.29) is 5.91 Å². The Bertz CT molecular complexity index is 764. The van der Waals surface area contributed by atoms with E-state index in [0.29, 0.717) is 12.1 Å². The van der Waals surface area contributed by atoms with E-state index >= 15 is 0 Å². The molecule has 0 radical (unpaired) electrons. The number of amides is 1. The number of pyridine rings is 1. The van der Waals surface area contributed by atoms with Gasteiger partial charge in [0.15, 0.2) is 0 Å². The molecular weight excluding hydrogens is 288 g/mol. The lowest BCUT2D eigenvalue weighted by molar-refractivity contribution is 0.0744. The zero-order chi connectivity index (χ0) is 16.4. The number of hydrogen-bond donors (Lipinski definition) is 0. The maximum Gasteiger partial charge on any atom is 0.255 e. The Morgan fingerprint density at radius 3 is 2.78 bits per heavy atom. The van der Waals surface area contributed by atoms with E-state index in [0.717, 1.165) is 23.2 Å². The molecule has 1 unspecified atom stereocenters. The summed E-state index contributed by atoms with van der Waals surface area (Å²) in [6.45, 7) is 1.17. The monoisotopic (exact) mass is 306 g/mol. The first-order chi connectivity index (χ1) is 11.1. The van der Waals surface area contributed by atoms with Crippen molar-refractivity contribution >= 4 is 5.91 Å². The van der Waals surface area contributed by atoms with Crippen molar-refractivity contribution in [1.29, 1.82) is 5.26 Å². The predicted octanol–water partition coefficient (Wildman–Crippen LogP) is 2.36. The van der Waals surface area contributed by atoms with Crippen LogP contribution in [0.2, 0.25) is 0 Å². The third kappa shape index (κ3) is 2.94. The molecule has 0 spiro atoms. The second-order valence-corrected chi connectivity index (χ2v) is 5.99. The summed E-state index contributed by atoms with van der Waals surface area (Å²) in [5.74, 6) is -0.0909. The zero-order valence-corrected chi connectivity index (χ0v) is 13.2. The van der Waals surface area contributed by atoms with Crippen LogP contribution in [0.25, 0.3) is 0 Å². The highest BCUT2D eigenvalue weighted by molar-refractivity contribution is 5.99. The average molecular weight is 306 g/mol. The molecule has 116 valence electrons. The fourth-order valence-electron chi connectivity index (χ4n) is 2.93. The number of rotatable bonds is 4. The third-order valence-electron chi connectivity index (χ3n) is 3.91. The molecule has 1 aliphatic heterocycles. The average Bonchev–Trinajstić information content (AvgIpc) is 2.79. The quantitative estimate of drug-likeness (QED) is 0.870.